The van der Waals surface area contributed by atoms with Crippen LogP contribution in [0.4, 0.5) is 0 Å². The van der Waals surface area contributed by atoms with E-state index < -0.39 is 10.0 Å². The van der Waals surface area contributed by atoms with E-state index in [1.165, 1.54) is 12.1 Å². The SMILES string of the molecule is CCOc1cc(C(=O)NCCNS(=O)(=O)c2ccc(C)cc2)ccc1OCC(=O)N1CCCCC1. The van der Waals surface area contributed by atoms with Crippen LogP contribution in [0, 0.1) is 6.92 Å². The van der Waals surface area contributed by atoms with Gasteiger partial charge in [-0.1, -0.05) is 17.7 Å². The lowest BCUT2D eigenvalue weighted by atomic mass is 10.1. The van der Waals surface area contributed by atoms with Crippen molar-refractivity contribution in [1.29, 1.82) is 0 Å². The van der Waals surface area contributed by atoms with Crippen LogP contribution >= 0.6 is 0 Å². The van der Waals surface area contributed by atoms with E-state index in [0.717, 1.165) is 37.9 Å². The maximum Gasteiger partial charge on any atom is 0.260 e. The number of nitrogens with zero attached hydrogens (tertiary/aromatic N) is 1. The highest BCUT2D eigenvalue weighted by Crippen LogP contribution is 2.28. The molecule has 0 aliphatic carbocycles. The number of sulfonamides is 1. The van der Waals surface area contributed by atoms with E-state index in [4.69, 9.17) is 9.47 Å². The fourth-order valence-corrected chi connectivity index (χ4v) is 4.71. The predicted molar refractivity (Wildman–Crippen MR) is 132 cm³/mol. The lowest BCUT2D eigenvalue weighted by Crippen LogP contribution is -2.38. The van der Waals surface area contributed by atoms with Crippen LogP contribution in [0.25, 0.3) is 0 Å². The van der Waals surface area contributed by atoms with Gasteiger partial charge in [0.15, 0.2) is 18.1 Å². The molecule has 0 aromatic heterocycles. The number of ether oxygens (including phenoxy) is 2. The van der Waals surface area contributed by atoms with E-state index in [-0.39, 0.29) is 36.4 Å². The number of rotatable bonds is 11. The van der Waals surface area contributed by atoms with Gasteiger partial charge < -0.3 is 19.7 Å². The highest BCUT2D eigenvalue weighted by Gasteiger charge is 2.19. The average Bonchev–Trinajstić information content (AvgIpc) is 2.86. The van der Waals surface area contributed by atoms with Gasteiger partial charge in [-0.05, 0) is 63.4 Å². The maximum atomic E-state index is 12.6. The second-order valence-electron chi connectivity index (χ2n) is 8.29. The molecule has 2 aromatic carbocycles. The van der Waals surface area contributed by atoms with E-state index in [1.807, 2.05) is 13.8 Å². The lowest BCUT2D eigenvalue weighted by Gasteiger charge is -2.26. The van der Waals surface area contributed by atoms with Gasteiger partial charge in [-0.3, -0.25) is 9.59 Å². The van der Waals surface area contributed by atoms with Crippen LogP contribution in [0.15, 0.2) is 47.4 Å². The average molecular weight is 504 g/mol. The molecular formula is C25H33N3O6S. The molecule has 10 heteroatoms. The molecule has 190 valence electrons. The van der Waals surface area contributed by atoms with Gasteiger partial charge >= 0.3 is 0 Å². The first kappa shape index (κ1) is 26.5. The summed E-state index contributed by atoms with van der Waals surface area (Å²) in [5.74, 6) is 0.310. The first-order valence-electron chi connectivity index (χ1n) is 11.8. The molecule has 0 atom stereocenters. The minimum atomic E-state index is -3.65. The largest absolute Gasteiger partial charge is 0.490 e. The normalized spacial score (nSPS) is 13.8. The van der Waals surface area contributed by atoms with Crippen molar-refractivity contribution >= 4 is 21.8 Å². The Bertz CT molecular complexity index is 1110. The Morgan fingerprint density at radius 1 is 0.943 bits per heavy atom. The zero-order valence-corrected chi connectivity index (χ0v) is 21.0. The number of carbonyl (C=O) groups is 2. The van der Waals surface area contributed by atoms with Crippen LogP contribution in [0.5, 0.6) is 11.5 Å². The fourth-order valence-electron chi connectivity index (χ4n) is 3.68. The van der Waals surface area contributed by atoms with Crippen molar-refractivity contribution in [2.24, 2.45) is 0 Å². The molecule has 3 rings (SSSR count). The second-order valence-corrected chi connectivity index (χ2v) is 10.1. The summed E-state index contributed by atoms with van der Waals surface area (Å²) < 4.78 is 38.5. The molecule has 1 aliphatic heterocycles. The molecule has 0 unspecified atom stereocenters. The highest BCUT2D eigenvalue weighted by molar-refractivity contribution is 7.89. The van der Waals surface area contributed by atoms with Crippen LogP contribution in [0.3, 0.4) is 0 Å². The summed E-state index contributed by atoms with van der Waals surface area (Å²) in [5.41, 5.74) is 1.30. The van der Waals surface area contributed by atoms with Crippen molar-refractivity contribution in [3.63, 3.8) is 0 Å². The molecule has 1 fully saturated rings. The van der Waals surface area contributed by atoms with Gasteiger partial charge in [0.05, 0.1) is 11.5 Å². The van der Waals surface area contributed by atoms with Gasteiger partial charge in [0, 0.05) is 31.7 Å². The number of amides is 2. The van der Waals surface area contributed by atoms with Crippen LogP contribution in [0.2, 0.25) is 0 Å². The fraction of sp³-hybridized carbons (Fsp3) is 0.440. The van der Waals surface area contributed by atoms with Crippen LogP contribution in [-0.2, 0) is 14.8 Å². The minimum Gasteiger partial charge on any atom is -0.490 e. The van der Waals surface area contributed by atoms with Gasteiger partial charge in [0.25, 0.3) is 11.8 Å². The van der Waals surface area contributed by atoms with Crippen molar-refractivity contribution in [3.8, 4) is 11.5 Å². The number of nitrogens with one attached hydrogen (secondary N) is 2. The Morgan fingerprint density at radius 3 is 2.34 bits per heavy atom. The third-order valence-corrected chi connectivity index (χ3v) is 7.08. The van der Waals surface area contributed by atoms with Crippen molar-refractivity contribution in [2.75, 3.05) is 39.4 Å². The molecule has 2 amide bonds. The quantitative estimate of drug-likeness (QED) is 0.456. The van der Waals surface area contributed by atoms with Crippen molar-refractivity contribution in [2.45, 2.75) is 38.0 Å². The zero-order valence-electron chi connectivity index (χ0n) is 20.2. The lowest BCUT2D eigenvalue weighted by molar-refractivity contribution is -0.134. The van der Waals surface area contributed by atoms with Crippen molar-refractivity contribution in [1.82, 2.24) is 14.9 Å². The maximum absolute atomic E-state index is 12.6. The predicted octanol–water partition coefficient (Wildman–Crippen LogP) is 2.49. The van der Waals surface area contributed by atoms with Gasteiger partial charge in [-0.2, -0.15) is 0 Å². The molecule has 1 heterocycles. The summed E-state index contributed by atoms with van der Waals surface area (Å²) in [4.78, 5) is 26.9. The number of hydrogen-bond donors (Lipinski definition) is 2. The summed E-state index contributed by atoms with van der Waals surface area (Å²) in [5, 5.41) is 2.69. The summed E-state index contributed by atoms with van der Waals surface area (Å²) in [7, 11) is -3.65. The Kier molecular flexibility index (Phi) is 9.50. The summed E-state index contributed by atoms with van der Waals surface area (Å²) in [6, 6.07) is 11.3. The van der Waals surface area contributed by atoms with Gasteiger partial charge in [-0.15, -0.1) is 0 Å². The summed E-state index contributed by atoms with van der Waals surface area (Å²) in [6.45, 7) is 5.62. The Labute approximate surface area is 206 Å². The molecule has 0 saturated carbocycles. The zero-order chi connectivity index (χ0) is 25.3. The Hall–Kier alpha value is -3.11. The number of piperidine rings is 1. The van der Waals surface area contributed by atoms with Crippen molar-refractivity contribution < 1.29 is 27.5 Å². The van der Waals surface area contributed by atoms with Crippen LogP contribution in [0.1, 0.15) is 42.1 Å². The van der Waals surface area contributed by atoms with Crippen LogP contribution < -0.4 is 19.5 Å². The monoisotopic (exact) mass is 503 g/mol. The van der Waals surface area contributed by atoms with E-state index >= 15 is 0 Å². The molecule has 9 nitrogen and oxygen atoms in total. The molecule has 2 aromatic rings. The Balaban J connectivity index is 1.52. The Morgan fingerprint density at radius 2 is 1.66 bits per heavy atom. The minimum absolute atomic E-state index is 0.0417. The molecular weight excluding hydrogens is 470 g/mol. The molecule has 0 radical (unpaired) electrons. The highest BCUT2D eigenvalue weighted by atomic mass is 32.2. The number of hydrogen-bond acceptors (Lipinski definition) is 6. The second kappa shape index (κ2) is 12.6. The van der Waals surface area contributed by atoms with Crippen molar-refractivity contribution in [3.05, 3.63) is 53.6 Å². The smallest absolute Gasteiger partial charge is 0.260 e. The molecule has 2 N–H and O–H groups in total. The third kappa shape index (κ3) is 7.69. The molecule has 1 saturated heterocycles. The van der Waals surface area contributed by atoms with E-state index in [2.05, 4.69) is 10.0 Å². The van der Waals surface area contributed by atoms with Gasteiger partial charge in [0.1, 0.15) is 0 Å². The summed E-state index contributed by atoms with van der Waals surface area (Å²) >= 11 is 0. The number of carbonyl (C=O) groups excluding carboxylic acids is 2. The molecule has 0 bridgehead atoms. The molecule has 1 aliphatic rings. The van der Waals surface area contributed by atoms with E-state index in [1.54, 1.807) is 35.2 Å². The standard InChI is InChI=1S/C25H33N3O6S/c1-3-33-23-17-20(9-12-22(23)34-18-24(29)28-15-5-4-6-16-28)25(30)26-13-14-27-35(31,32)21-10-7-19(2)8-11-21/h7-12,17,27H,3-6,13-16,18H2,1-2H3,(H,26,30). The topological polar surface area (TPSA) is 114 Å². The first-order chi connectivity index (χ1) is 16.8. The number of aryl methyl sites for hydroxylation is 1. The number of likely N-dealkylation sites (tertiary alicyclic amines) is 1. The van der Waals surface area contributed by atoms with Gasteiger partial charge in [-0.25, -0.2) is 13.1 Å². The van der Waals surface area contributed by atoms with E-state index in [9.17, 15) is 18.0 Å². The van der Waals surface area contributed by atoms with E-state index in [0.29, 0.717) is 23.7 Å². The van der Waals surface area contributed by atoms with Crippen LogP contribution in [-0.4, -0.2) is 64.5 Å². The number of benzene rings is 2. The third-order valence-electron chi connectivity index (χ3n) is 5.60. The molecule has 35 heavy (non-hydrogen) atoms. The summed E-state index contributed by atoms with van der Waals surface area (Å²) in [6.07, 6.45) is 3.15. The first-order valence-corrected chi connectivity index (χ1v) is 13.3. The molecule has 0 spiro atoms. The van der Waals surface area contributed by atoms with Gasteiger partial charge in [0.2, 0.25) is 10.0 Å².